The van der Waals surface area contributed by atoms with Gasteiger partial charge in [-0.15, -0.1) is 11.8 Å². The number of aromatic nitrogens is 2. The molecule has 2 aromatic rings. The molecule has 0 fully saturated rings. The number of nitrogens with zero attached hydrogens (tertiary/aromatic N) is 2. The van der Waals surface area contributed by atoms with Crippen LogP contribution in [-0.4, -0.2) is 27.2 Å². The Morgan fingerprint density at radius 3 is 3.11 bits per heavy atom. The Bertz CT molecular complexity index is 594. The molecule has 0 N–H and O–H groups in total. The van der Waals surface area contributed by atoms with Gasteiger partial charge in [0.1, 0.15) is 5.75 Å². The van der Waals surface area contributed by atoms with Gasteiger partial charge in [0.2, 0.25) is 5.78 Å². The first-order valence-electron chi connectivity index (χ1n) is 5.66. The van der Waals surface area contributed by atoms with E-state index in [2.05, 4.69) is 4.98 Å². The molecule has 0 saturated carbocycles. The van der Waals surface area contributed by atoms with Crippen LogP contribution in [0.25, 0.3) is 0 Å². The van der Waals surface area contributed by atoms with Crippen molar-refractivity contribution in [2.24, 2.45) is 7.05 Å². The first kappa shape index (κ1) is 11.3. The molecule has 18 heavy (non-hydrogen) atoms. The average Bonchev–Trinajstić information content (AvgIpc) is 2.83. The fraction of sp³-hybridized carbons (Fsp3) is 0.231. The summed E-state index contributed by atoms with van der Waals surface area (Å²) in [5.41, 5.74) is 0. The maximum absolute atomic E-state index is 12.3. The highest BCUT2D eigenvalue weighted by Gasteiger charge is 2.29. The monoisotopic (exact) mass is 260 g/mol. The van der Waals surface area contributed by atoms with Gasteiger partial charge in [0.05, 0.1) is 0 Å². The summed E-state index contributed by atoms with van der Waals surface area (Å²) in [7, 11) is 1.81. The lowest BCUT2D eigenvalue weighted by atomic mass is 10.2. The van der Waals surface area contributed by atoms with Crippen molar-refractivity contribution >= 4 is 17.5 Å². The van der Waals surface area contributed by atoms with Crippen molar-refractivity contribution in [3.05, 3.63) is 42.5 Å². The van der Waals surface area contributed by atoms with Crippen molar-refractivity contribution in [3.63, 3.8) is 0 Å². The predicted molar refractivity (Wildman–Crippen MR) is 69.1 cm³/mol. The lowest BCUT2D eigenvalue weighted by molar-refractivity contribution is 0.0800. The Hall–Kier alpha value is -1.75. The van der Waals surface area contributed by atoms with Crippen LogP contribution in [0.2, 0.25) is 0 Å². The number of hydrogen-bond donors (Lipinski definition) is 0. The molecule has 1 aromatic carbocycles. The van der Waals surface area contributed by atoms with E-state index in [0.29, 0.717) is 11.6 Å². The Balaban J connectivity index is 1.84. The maximum atomic E-state index is 12.3. The van der Waals surface area contributed by atoms with Gasteiger partial charge in [-0.25, -0.2) is 4.98 Å². The molecule has 0 amide bonds. The summed E-state index contributed by atoms with van der Waals surface area (Å²) in [5.74, 6) is 1.79. The number of ketones is 1. The largest absolute Gasteiger partial charge is 0.480 e. The third-order valence-corrected chi connectivity index (χ3v) is 3.96. The van der Waals surface area contributed by atoms with Gasteiger partial charge in [0.25, 0.3) is 0 Å². The van der Waals surface area contributed by atoms with Crippen molar-refractivity contribution < 1.29 is 9.53 Å². The molecule has 1 unspecified atom stereocenters. The molecule has 0 saturated heterocycles. The van der Waals surface area contributed by atoms with Crippen LogP contribution in [0.3, 0.4) is 0 Å². The van der Waals surface area contributed by atoms with Crippen LogP contribution in [0.1, 0.15) is 10.6 Å². The summed E-state index contributed by atoms with van der Waals surface area (Å²) >= 11 is 1.65. The van der Waals surface area contributed by atoms with Crippen LogP contribution < -0.4 is 4.74 Å². The minimum Gasteiger partial charge on any atom is -0.480 e. The molecule has 3 rings (SSSR count). The van der Waals surface area contributed by atoms with E-state index >= 15 is 0 Å². The molecule has 2 heterocycles. The Labute approximate surface area is 109 Å². The summed E-state index contributed by atoms with van der Waals surface area (Å²) in [6, 6.07) is 7.77. The molecule has 0 radical (unpaired) electrons. The summed E-state index contributed by atoms with van der Waals surface area (Å²) in [6.07, 6.45) is 2.93. The topological polar surface area (TPSA) is 44.1 Å². The average molecular weight is 260 g/mol. The standard InChI is InChI=1S/C13H12N2O2S/c1-15-7-6-14-13(15)12(16)10-8-18-11-5-3-2-4-9(11)17-10/h2-7,10H,8H2,1H3. The zero-order valence-electron chi connectivity index (χ0n) is 9.87. The molecule has 0 bridgehead atoms. The van der Waals surface area contributed by atoms with Crippen molar-refractivity contribution in [3.8, 4) is 5.75 Å². The first-order valence-corrected chi connectivity index (χ1v) is 6.64. The summed E-state index contributed by atoms with van der Waals surface area (Å²) in [5, 5.41) is 0. The van der Waals surface area contributed by atoms with Crippen LogP contribution >= 0.6 is 11.8 Å². The second kappa shape index (κ2) is 4.49. The van der Waals surface area contributed by atoms with Crippen molar-refractivity contribution in [2.45, 2.75) is 11.0 Å². The van der Waals surface area contributed by atoms with Gasteiger partial charge < -0.3 is 9.30 Å². The van der Waals surface area contributed by atoms with Gasteiger partial charge in [-0.3, -0.25) is 4.79 Å². The number of carbonyl (C=O) groups excluding carboxylic acids is 1. The van der Waals surface area contributed by atoms with Gasteiger partial charge >= 0.3 is 0 Å². The normalized spacial score (nSPS) is 17.9. The van der Waals surface area contributed by atoms with E-state index in [1.807, 2.05) is 31.3 Å². The highest BCUT2D eigenvalue weighted by molar-refractivity contribution is 7.99. The van der Waals surface area contributed by atoms with Gasteiger partial charge in [-0.05, 0) is 12.1 Å². The van der Waals surface area contributed by atoms with E-state index in [-0.39, 0.29) is 5.78 Å². The number of benzene rings is 1. The molecular formula is C13H12N2O2S. The number of fused-ring (bicyclic) bond motifs is 1. The lowest BCUT2D eigenvalue weighted by Crippen LogP contribution is -2.33. The van der Waals surface area contributed by atoms with Crippen LogP contribution in [0.15, 0.2) is 41.6 Å². The molecule has 5 heteroatoms. The number of para-hydroxylation sites is 1. The van der Waals surface area contributed by atoms with E-state index < -0.39 is 6.10 Å². The smallest absolute Gasteiger partial charge is 0.239 e. The number of carbonyl (C=O) groups is 1. The number of rotatable bonds is 2. The van der Waals surface area contributed by atoms with Crippen molar-refractivity contribution in [2.75, 3.05) is 5.75 Å². The molecule has 1 aromatic heterocycles. The Kier molecular flexibility index (Phi) is 2.83. The third-order valence-electron chi connectivity index (χ3n) is 2.84. The molecule has 0 aliphatic carbocycles. The molecular weight excluding hydrogens is 248 g/mol. The Morgan fingerprint density at radius 2 is 2.33 bits per heavy atom. The van der Waals surface area contributed by atoms with E-state index in [9.17, 15) is 4.79 Å². The number of aryl methyl sites for hydroxylation is 1. The van der Waals surface area contributed by atoms with Gasteiger partial charge in [0.15, 0.2) is 11.9 Å². The fourth-order valence-electron chi connectivity index (χ4n) is 1.90. The summed E-state index contributed by atoms with van der Waals surface area (Å²) in [4.78, 5) is 17.4. The second-order valence-corrected chi connectivity index (χ2v) is 5.15. The molecule has 1 atom stereocenters. The SMILES string of the molecule is Cn1ccnc1C(=O)C1CSc2ccccc2O1. The lowest BCUT2D eigenvalue weighted by Gasteiger charge is -2.24. The van der Waals surface area contributed by atoms with Gasteiger partial charge in [-0.2, -0.15) is 0 Å². The second-order valence-electron chi connectivity index (χ2n) is 4.09. The predicted octanol–water partition coefficient (Wildman–Crippen LogP) is 2.16. The van der Waals surface area contributed by atoms with Gasteiger partial charge in [-0.1, -0.05) is 12.1 Å². The van der Waals surface area contributed by atoms with Crippen LogP contribution in [0.5, 0.6) is 5.75 Å². The Morgan fingerprint density at radius 1 is 1.50 bits per heavy atom. The molecule has 1 aliphatic heterocycles. The molecule has 4 nitrogen and oxygen atoms in total. The zero-order chi connectivity index (χ0) is 12.5. The van der Waals surface area contributed by atoms with Gasteiger partial charge in [0, 0.05) is 30.1 Å². The molecule has 1 aliphatic rings. The number of imidazole rings is 1. The van der Waals surface area contributed by atoms with E-state index in [1.165, 1.54) is 0 Å². The first-order chi connectivity index (χ1) is 8.75. The summed E-state index contributed by atoms with van der Waals surface area (Å²) in [6.45, 7) is 0. The number of ether oxygens (including phenoxy) is 1. The molecule has 92 valence electrons. The minimum absolute atomic E-state index is 0.0653. The van der Waals surface area contributed by atoms with Crippen LogP contribution in [0.4, 0.5) is 0 Å². The van der Waals surface area contributed by atoms with E-state index in [0.717, 1.165) is 10.6 Å². The van der Waals surface area contributed by atoms with Crippen LogP contribution in [0, 0.1) is 0 Å². The maximum Gasteiger partial charge on any atom is 0.239 e. The number of Topliss-reactive ketones (excluding diaryl/α,β-unsaturated/α-hetero) is 1. The third kappa shape index (κ3) is 1.90. The number of hydrogen-bond acceptors (Lipinski definition) is 4. The van der Waals surface area contributed by atoms with E-state index in [1.54, 1.807) is 28.7 Å². The van der Waals surface area contributed by atoms with Crippen molar-refractivity contribution in [1.82, 2.24) is 9.55 Å². The molecule has 0 spiro atoms. The summed E-state index contributed by atoms with van der Waals surface area (Å²) < 4.78 is 7.47. The quantitative estimate of drug-likeness (QED) is 0.776. The zero-order valence-corrected chi connectivity index (χ0v) is 10.7. The highest BCUT2D eigenvalue weighted by Crippen LogP contribution is 2.35. The highest BCUT2D eigenvalue weighted by atomic mass is 32.2. The minimum atomic E-state index is -0.453. The number of thioether (sulfide) groups is 1. The fourth-order valence-corrected chi connectivity index (χ4v) is 2.88. The van der Waals surface area contributed by atoms with E-state index in [4.69, 9.17) is 4.74 Å². The van der Waals surface area contributed by atoms with Crippen molar-refractivity contribution in [1.29, 1.82) is 0 Å². The van der Waals surface area contributed by atoms with Crippen LogP contribution in [-0.2, 0) is 7.05 Å².